The highest BCUT2D eigenvalue weighted by Crippen LogP contribution is 2.20. The zero-order valence-electron chi connectivity index (χ0n) is 11.6. The molecule has 1 unspecified atom stereocenters. The Labute approximate surface area is 125 Å². The van der Waals surface area contributed by atoms with Crippen LogP contribution in [0.3, 0.4) is 0 Å². The maximum atomic E-state index is 11.8. The van der Waals surface area contributed by atoms with Crippen LogP contribution < -0.4 is 10.5 Å². The first kappa shape index (κ1) is 17.3. The van der Waals surface area contributed by atoms with Gasteiger partial charge in [-0.1, -0.05) is 6.07 Å². The van der Waals surface area contributed by atoms with Gasteiger partial charge in [0, 0.05) is 29.0 Å². The number of anilines is 1. The molecule has 0 aromatic heterocycles. The molecule has 0 aliphatic rings. The molecule has 0 saturated carbocycles. The third kappa shape index (κ3) is 7.14. The van der Waals surface area contributed by atoms with Crippen molar-refractivity contribution in [1.29, 1.82) is 0 Å². The molecular weight excluding hydrogens is 296 g/mol. The van der Waals surface area contributed by atoms with E-state index in [1.807, 2.05) is 18.2 Å². The molecule has 0 bridgehead atoms. The number of nitrogen functional groups attached to an aromatic ring is 1. The van der Waals surface area contributed by atoms with Crippen molar-refractivity contribution in [3.63, 3.8) is 0 Å². The van der Waals surface area contributed by atoms with Crippen LogP contribution in [-0.4, -0.2) is 37.7 Å². The lowest BCUT2D eigenvalue weighted by atomic mass is 10.2. The second-order valence-corrected chi connectivity index (χ2v) is 7.67. The Kier molecular flexibility index (Phi) is 7.36. The standard InChI is InChI=1S/C13H22N2O3S2/c1-11(4-3-7-16)15-20(17,18)9-8-19-13-6-2-5-12(14)10-13/h2,5-6,10-11,15-16H,3-4,7-9,14H2,1H3. The fourth-order valence-electron chi connectivity index (χ4n) is 1.70. The minimum absolute atomic E-state index is 0.0654. The molecule has 114 valence electrons. The Morgan fingerprint density at radius 3 is 2.85 bits per heavy atom. The van der Waals surface area contributed by atoms with E-state index in [9.17, 15) is 8.42 Å². The van der Waals surface area contributed by atoms with Crippen molar-refractivity contribution in [1.82, 2.24) is 4.72 Å². The zero-order valence-corrected chi connectivity index (χ0v) is 13.2. The molecule has 1 rings (SSSR count). The third-order valence-corrected chi connectivity index (χ3v) is 5.41. The number of sulfonamides is 1. The molecule has 0 spiro atoms. The van der Waals surface area contributed by atoms with Crippen LogP contribution in [0.4, 0.5) is 5.69 Å². The van der Waals surface area contributed by atoms with E-state index in [0.29, 0.717) is 24.3 Å². The van der Waals surface area contributed by atoms with E-state index in [4.69, 9.17) is 10.8 Å². The lowest BCUT2D eigenvalue weighted by Gasteiger charge is -2.13. The van der Waals surface area contributed by atoms with Crippen molar-refractivity contribution < 1.29 is 13.5 Å². The van der Waals surface area contributed by atoms with Gasteiger partial charge < -0.3 is 10.8 Å². The Morgan fingerprint density at radius 2 is 2.20 bits per heavy atom. The maximum Gasteiger partial charge on any atom is 0.212 e. The summed E-state index contributed by atoms with van der Waals surface area (Å²) < 4.78 is 26.3. The summed E-state index contributed by atoms with van der Waals surface area (Å²) in [4.78, 5) is 0.966. The van der Waals surface area contributed by atoms with Gasteiger partial charge in [-0.15, -0.1) is 11.8 Å². The molecule has 1 atom stereocenters. The van der Waals surface area contributed by atoms with Gasteiger partial charge in [0.25, 0.3) is 0 Å². The van der Waals surface area contributed by atoms with E-state index < -0.39 is 10.0 Å². The van der Waals surface area contributed by atoms with E-state index in [1.54, 1.807) is 13.0 Å². The maximum absolute atomic E-state index is 11.8. The van der Waals surface area contributed by atoms with E-state index in [0.717, 1.165) is 4.90 Å². The van der Waals surface area contributed by atoms with Crippen molar-refractivity contribution in [2.75, 3.05) is 23.8 Å². The molecule has 0 aliphatic heterocycles. The van der Waals surface area contributed by atoms with Crippen molar-refractivity contribution in [2.24, 2.45) is 0 Å². The van der Waals surface area contributed by atoms with Crippen LogP contribution >= 0.6 is 11.8 Å². The molecule has 0 amide bonds. The topological polar surface area (TPSA) is 92.4 Å². The number of aliphatic hydroxyl groups is 1. The van der Waals surface area contributed by atoms with Gasteiger partial charge in [-0.05, 0) is 38.0 Å². The summed E-state index contributed by atoms with van der Waals surface area (Å²) in [7, 11) is -3.28. The minimum Gasteiger partial charge on any atom is -0.399 e. The van der Waals surface area contributed by atoms with Gasteiger partial charge in [0.2, 0.25) is 10.0 Å². The smallest absolute Gasteiger partial charge is 0.212 e. The van der Waals surface area contributed by atoms with Gasteiger partial charge in [0.15, 0.2) is 0 Å². The molecule has 0 heterocycles. The average molecular weight is 318 g/mol. The molecular formula is C13H22N2O3S2. The van der Waals surface area contributed by atoms with Crippen LogP contribution in [0.15, 0.2) is 29.2 Å². The Morgan fingerprint density at radius 1 is 1.45 bits per heavy atom. The zero-order chi connectivity index (χ0) is 15.0. The lowest BCUT2D eigenvalue weighted by molar-refractivity contribution is 0.279. The minimum atomic E-state index is -3.28. The van der Waals surface area contributed by atoms with E-state index in [2.05, 4.69) is 4.72 Å². The Balaban J connectivity index is 2.36. The molecule has 0 fully saturated rings. The second-order valence-electron chi connectivity index (χ2n) is 4.62. The van der Waals surface area contributed by atoms with Gasteiger partial charge in [0.05, 0.1) is 5.75 Å². The highest BCUT2D eigenvalue weighted by molar-refractivity contribution is 8.00. The predicted octanol–water partition coefficient (Wildman–Crippen LogP) is 1.44. The van der Waals surface area contributed by atoms with Gasteiger partial charge >= 0.3 is 0 Å². The van der Waals surface area contributed by atoms with Crippen LogP contribution in [0.5, 0.6) is 0 Å². The largest absolute Gasteiger partial charge is 0.399 e. The molecule has 20 heavy (non-hydrogen) atoms. The van der Waals surface area contributed by atoms with Gasteiger partial charge in [0.1, 0.15) is 0 Å². The lowest BCUT2D eigenvalue weighted by Crippen LogP contribution is -2.35. The average Bonchev–Trinajstić information content (AvgIpc) is 2.35. The van der Waals surface area contributed by atoms with E-state index in [1.165, 1.54) is 11.8 Å². The number of benzene rings is 1. The fraction of sp³-hybridized carbons (Fsp3) is 0.538. The Hall–Kier alpha value is -0.760. The predicted molar refractivity (Wildman–Crippen MR) is 84.3 cm³/mol. The molecule has 1 aromatic carbocycles. The summed E-state index contributed by atoms with van der Waals surface area (Å²) in [6, 6.07) is 7.23. The summed E-state index contributed by atoms with van der Waals surface area (Å²) >= 11 is 1.47. The number of nitrogens with two attached hydrogens (primary N) is 1. The summed E-state index contributed by atoms with van der Waals surface area (Å²) in [5.74, 6) is 0.543. The van der Waals surface area contributed by atoms with Crippen LogP contribution in [-0.2, 0) is 10.0 Å². The monoisotopic (exact) mass is 318 g/mol. The first-order chi connectivity index (χ1) is 9.43. The second kappa shape index (κ2) is 8.51. The fourth-order valence-corrected chi connectivity index (χ4v) is 4.39. The van der Waals surface area contributed by atoms with Crippen LogP contribution in [0, 0.1) is 0 Å². The summed E-state index contributed by atoms with van der Waals surface area (Å²) in [6.07, 6.45) is 1.24. The van der Waals surface area contributed by atoms with Gasteiger partial charge in [-0.3, -0.25) is 0 Å². The van der Waals surface area contributed by atoms with Crippen molar-refractivity contribution in [3.8, 4) is 0 Å². The third-order valence-electron chi connectivity index (χ3n) is 2.65. The number of aliphatic hydroxyl groups excluding tert-OH is 1. The summed E-state index contributed by atoms with van der Waals surface area (Å²) in [5.41, 5.74) is 6.34. The summed E-state index contributed by atoms with van der Waals surface area (Å²) in [5, 5.41) is 8.71. The quantitative estimate of drug-likeness (QED) is 0.473. The van der Waals surface area contributed by atoms with Crippen LogP contribution in [0.25, 0.3) is 0 Å². The van der Waals surface area contributed by atoms with E-state index >= 15 is 0 Å². The number of hydrogen-bond donors (Lipinski definition) is 3. The normalized spacial score (nSPS) is 13.3. The van der Waals surface area contributed by atoms with Crippen molar-refractivity contribution in [2.45, 2.75) is 30.7 Å². The summed E-state index contributed by atoms with van der Waals surface area (Å²) in [6.45, 7) is 1.88. The number of hydrogen-bond acceptors (Lipinski definition) is 5. The molecule has 0 saturated heterocycles. The van der Waals surface area contributed by atoms with Crippen molar-refractivity contribution >= 4 is 27.5 Å². The Bertz CT molecular complexity index is 506. The number of rotatable bonds is 9. The molecule has 0 radical (unpaired) electrons. The first-order valence-corrected chi connectivity index (χ1v) is 9.16. The first-order valence-electron chi connectivity index (χ1n) is 6.52. The van der Waals surface area contributed by atoms with Crippen molar-refractivity contribution in [3.05, 3.63) is 24.3 Å². The van der Waals surface area contributed by atoms with Gasteiger partial charge in [-0.2, -0.15) is 0 Å². The molecule has 5 nitrogen and oxygen atoms in total. The number of thioether (sulfide) groups is 1. The SMILES string of the molecule is CC(CCCO)NS(=O)(=O)CCSc1cccc(N)c1. The number of nitrogens with one attached hydrogen (secondary N) is 1. The van der Waals surface area contributed by atoms with Crippen LogP contribution in [0.1, 0.15) is 19.8 Å². The molecule has 1 aromatic rings. The van der Waals surface area contributed by atoms with E-state index in [-0.39, 0.29) is 18.4 Å². The molecule has 4 N–H and O–H groups in total. The molecule has 7 heteroatoms. The highest BCUT2D eigenvalue weighted by Gasteiger charge is 2.14. The highest BCUT2D eigenvalue weighted by atomic mass is 32.2. The van der Waals surface area contributed by atoms with Gasteiger partial charge in [-0.25, -0.2) is 13.1 Å². The molecule has 0 aliphatic carbocycles. The van der Waals surface area contributed by atoms with Crippen LogP contribution in [0.2, 0.25) is 0 Å².